The van der Waals surface area contributed by atoms with Gasteiger partial charge in [-0.25, -0.2) is 0 Å². The summed E-state index contributed by atoms with van der Waals surface area (Å²) in [7, 11) is 0. The summed E-state index contributed by atoms with van der Waals surface area (Å²) in [6.45, 7) is 0. The zero-order chi connectivity index (χ0) is 24.1. The Kier molecular flexibility index (Phi) is 3.53. The van der Waals surface area contributed by atoms with Crippen LogP contribution in [0.25, 0.3) is 82.1 Å². The number of rotatable bonds is 1. The maximum absolute atomic E-state index is 6.56. The summed E-state index contributed by atoms with van der Waals surface area (Å²) in [5.74, 6) is 0. The van der Waals surface area contributed by atoms with Crippen LogP contribution >= 0.6 is 0 Å². The van der Waals surface area contributed by atoms with E-state index >= 15 is 0 Å². The van der Waals surface area contributed by atoms with E-state index < -0.39 is 0 Å². The highest BCUT2D eigenvalue weighted by molar-refractivity contribution is 6.27. The molecule has 0 aliphatic heterocycles. The van der Waals surface area contributed by atoms with Crippen molar-refractivity contribution in [2.45, 2.75) is 0 Å². The van der Waals surface area contributed by atoms with Crippen molar-refractivity contribution in [3.05, 3.63) is 115 Å². The van der Waals surface area contributed by atoms with Crippen LogP contribution in [0.1, 0.15) is 0 Å². The van der Waals surface area contributed by atoms with Crippen LogP contribution in [0.3, 0.4) is 0 Å². The number of aromatic nitrogens is 1. The molecule has 0 aliphatic rings. The Bertz CT molecular complexity index is 2360. The summed E-state index contributed by atoms with van der Waals surface area (Å²) < 4.78 is 15.2. The third-order valence-electron chi connectivity index (χ3n) is 7.78. The molecule has 9 rings (SSSR count). The van der Waals surface area contributed by atoms with Crippen LogP contribution in [0, 0.1) is 0 Å². The van der Waals surface area contributed by atoms with Crippen LogP contribution in [0.15, 0.2) is 124 Å². The highest BCUT2D eigenvalue weighted by atomic mass is 16.3. The maximum Gasteiger partial charge on any atom is 0.160 e. The molecule has 0 saturated heterocycles. The first-order valence-electron chi connectivity index (χ1n) is 12.5. The molecule has 0 amide bonds. The van der Waals surface area contributed by atoms with Gasteiger partial charge in [0.2, 0.25) is 0 Å². The lowest BCUT2D eigenvalue weighted by Crippen LogP contribution is -1.94. The Morgan fingerprint density at radius 2 is 1.11 bits per heavy atom. The fourth-order valence-electron chi connectivity index (χ4n) is 6.17. The standard InChI is InChI=1S/C34H19NO2/c1-2-8-22-20(7-1)13-18-28-32(22)27-17-16-26-24-10-4-6-12-30(24)37-34(26)33(27)35(28)21-14-15-25-23-9-3-5-11-29(23)36-31(25)19-21/h1-19H. The van der Waals surface area contributed by atoms with Gasteiger partial charge in [-0.1, -0.05) is 72.8 Å². The summed E-state index contributed by atoms with van der Waals surface area (Å²) in [6, 6.07) is 40.5. The number of para-hydroxylation sites is 2. The second-order valence-electron chi connectivity index (χ2n) is 9.73. The molecule has 0 saturated carbocycles. The summed E-state index contributed by atoms with van der Waals surface area (Å²) in [6.07, 6.45) is 0. The molecule has 0 unspecified atom stereocenters. The van der Waals surface area contributed by atoms with Crippen molar-refractivity contribution in [2.75, 3.05) is 0 Å². The van der Waals surface area contributed by atoms with Crippen LogP contribution in [0.5, 0.6) is 0 Å². The molecule has 0 bridgehead atoms. The second-order valence-corrected chi connectivity index (χ2v) is 9.73. The largest absolute Gasteiger partial charge is 0.456 e. The van der Waals surface area contributed by atoms with E-state index in [1.807, 2.05) is 24.3 Å². The second kappa shape index (κ2) is 6.80. The van der Waals surface area contributed by atoms with Crippen LogP contribution < -0.4 is 0 Å². The van der Waals surface area contributed by atoms with E-state index in [1.54, 1.807) is 0 Å². The van der Waals surface area contributed by atoms with Crippen LogP contribution in [-0.4, -0.2) is 4.57 Å². The van der Waals surface area contributed by atoms with E-state index in [0.717, 1.165) is 60.6 Å². The molecule has 0 fully saturated rings. The van der Waals surface area contributed by atoms with Gasteiger partial charge < -0.3 is 13.4 Å². The Balaban J connectivity index is 1.50. The van der Waals surface area contributed by atoms with Gasteiger partial charge in [0.05, 0.1) is 16.7 Å². The smallest absolute Gasteiger partial charge is 0.160 e. The average Bonchev–Trinajstić information content (AvgIpc) is 3.61. The van der Waals surface area contributed by atoms with Gasteiger partial charge in [0.1, 0.15) is 16.7 Å². The predicted octanol–water partition coefficient (Wildman–Crippen LogP) is 9.74. The topological polar surface area (TPSA) is 31.2 Å². The Hall–Kier alpha value is -5.02. The number of furan rings is 2. The Morgan fingerprint density at radius 3 is 1.97 bits per heavy atom. The number of benzene rings is 6. The van der Waals surface area contributed by atoms with Gasteiger partial charge in [0, 0.05) is 38.4 Å². The monoisotopic (exact) mass is 473 g/mol. The first-order valence-corrected chi connectivity index (χ1v) is 12.5. The fraction of sp³-hybridized carbons (Fsp3) is 0. The molecule has 3 heterocycles. The molecule has 0 spiro atoms. The molecule has 6 aromatic carbocycles. The predicted molar refractivity (Wildman–Crippen MR) is 153 cm³/mol. The lowest BCUT2D eigenvalue weighted by Gasteiger charge is -2.08. The summed E-state index contributed by atoms with van der Waals surface area (Å²) >= 11 is 0. The van der Waals surface area contributed by atoms with Gasteiger partial charge in [-0.05, 0) is 47.2 Å². The third kappa shape index (κ3) is 2.45. The lowest BCUT2D eigenvalue weighted by molar-refractivity contribution is 0.668. The van der Waals surface area contributed by atoms with Crippen molar-refractivity contribution in [2.24, 2.45) is 0 Å². The van der Waals surface area contributed by atoms with Crippen molar-refractivity contribution >= 4 is 76.5 Å². The highest BCUT2D eigenvalue weighted by Crippen LogP contribution is 2.43. The van der Waals surface area contributed by atoms with Gasteiger partial charge in [-0.2, -0.15) is 0 Å². The number of fused-ring (bicyclic) bond motifs is 12. The van der Waals surface area contributed by atoms with Gasteiger partial charge in [-0.15, -0.1) is 0 Å². The van der Waals surface area contributed by atoms with Crippen LogP contribution in [-0.2, 0) is 0 Å². The number of hydrogen-bond donors (Lipinski definition) is 0. The highest BCUT2D eigenvalue weighted by Gasteiger charge is 2.21. The summed E-state index contributed by atoms with van der Waals surface area (Å²) in [4.78, 5) is 0. The quantitative estimate of drug-likeness (QED) is 0.238. The normalized spacial score (nSPS) is 12.3. The van der Waals surface area contributed by atoms with Crippen molar-refractivity contribution in [1.29, 1.82) is 0 Å². The molecule has 3 heteroatoms. The van der Waals surface area contributed by atoms with Gasteiger partial charge in [0.25, 0.3) is 0 Å². The minimum Gasteiger partial charge on any atom is -0.456 e. The minimum atomic E-state index is 0.881. The van der Waals surface area contributed by atoms with E-state index in [9.17, 15) is 0 Å². The van der Waals surface area contributed by atoms with E-state index in [2.05, 4.69) is 95.6 Å². The summed E-state index contributed by atoms with van der Waals surface area (Å²) in [5.41, 5.74) is 6.87. The van der Waals surface area contributed by atoms with Crippen molar-refractivity contribution in [3.63, 3.8) is 0 Å². The molecule has 3 aromatic heterocycles. The minimum absolute atomic E-state index is 0.881. The SMILES string of the molecule is c1ccc2c(c1)ccc1c2c2ccc3c4ccccc4oc3c2n1-c1ccc2c(c1)oc1ccccc12. The third-order valence-corrected chi connectivity index (χ3v) is 7.78. The molecule has 0 aliphatic carbocycles. The molecular formula is C34H19NO2. The molecule has 37 heavy (non-hydrogen) atoms. The molecular weight excluding hydrogens is 454 g/mol. The lowest BCUT2D eigenvalue weighted by atomic mass is 10.0. The average molecular weight is 474 g/mol. The van der Waals surface area contributed by atoms with Crippen molar-refractivity contribution in [3.8, 4) is 5.69 Å². The first-order chi connectivity index (χ1) is 18.3. The van der Waals surface area contributed by atoms with Crippen LogP contribution in [0.2, 0.25) is 0 Å². The summed E-state index contributed by atoms with van der Waals surface area (Å²) in [5, 5.41) is 9.41. The molecule has 0 radical (unpaired) electrons. The zero-order valence-corrected chi connectivity index (χ0v) is 19.7. The van der Waals surface area contributed by atoms with Crippen LogP contribution in [0.4, 0.5) is 0 Å². The van der Waals surface area contributed by atoms with E-state index in [-0.39, 0.29) is 0 Å². The van der Waals surface area contributed by atoms with Gasteiger partial charge in [0.15, 0.2) is 5.58 Å². The Labute approximate surface area is 210 Å². The number of nitrogens with zero attached hydrogens (tertiary/aromatic N) is 1. The van der Waals surface area contributed by atoms with Gasteiger partial charge in [-0.3, -0.25) is 0 Å². The molecule has 0 N–H and O–H groups in total. The van der Waals surface area contributed by atoms with Crippen molar-refractivity contribution < 1.29 is 8.83 Å². The number of hydrogen-bond acceptors (Lipinski definition) is 2. The van der Waals surface area contributed by atoms with E-state index in [4.69, 9.17) is 8.83 Å². The zero-order valence-electron chi connectivity index (χ0n) is 19.7. The maximum atomic E-state index is 6.56. The van der Waals surface area contributed by atoms with Gasteiger partial charge >= 0.3 is 0 Å². The molecule has 3 nitrogen and oxygen atoms in total. The Morgan fingerprint density at radius 1 is 0.459 bits per heavy atom. The van der Waals surface area contributed by atoms with E-state index in [1.165, 1.54) is 21.5 Å². The molecule has 0 atom stereocenters. The van der Waals surface area contributed by atoms with E-state index in [0.29, 0.717) is 0 Å². The van der Waals surface area contributed by atoms with Crippen molar-refractivity contribution in [1.82, 2.24) is 4.57 Å². The first kappa shape index (κ1) is 19.2. The molecule has 9 aromatic rings. The fourth-order valence-corrected chi connectivity index (χ4v) is 6.17. The molecule has 172 valence electrons.